The lowest BCUT2D eigenvalue weighted by molar-refractivity contribution is 1.50. The van der Waals surface area contributed by atoms with E-state index in [0.29, 0.717) is 5.03 Å². The maximum absolute atomic E-state index is 5.50. The molecule has 0 amide bonds. The van der Waals surface area contributed by atoms with Gasteiger partial charge in [-0.3, -0.25) is 0 Å². The maximum atomic E-state index is 5.50. The molecule has 0 atom stereocenters. The normalized spacial score (nSPS) is 9.40. The fraction of sp³-hybridized carbons (Fsp3) is 0.333. The minimum absolute atomic E-state index is 0.574. The quantitative estimate of drug-likeness (QED) is 0.535. The first-order valence-corrected chi connectivity index (χ1v) is 3.70. The second-order valence-electron chi connectivity index (χ2n) is 1.49. The molecule has 1 heteroatoms. The Morgan fingerprint density at radius 3 is 1.90 bits per heavy atom. The van der Waals surface area contributed by atoms with Crippen molar-refractivity contribution in [1.29, 1.82) is 0 Å². The average molecular weight is 159 g/mol. The lowest BCUT2D eigenvalue weighted by atomic mass is 10.3. The van der Waals surface area contributed by atoms with Crippen LogP contribution in [0.1, 0.15) is 20.8 Å². The van der Waals surface area contributed by atoms with Crippen LogP contribution in [0.3, 0.4) is 0 Å². The molecule has 0 aliphatic rings. The summed E-state index contributed by atoms with van der Waals surface area (Å²) in [5.41, 5.74) is 0.960. The van der Waals surface area contributed by atoms with E-state index in [0.717, 1.165) is 5.57 Å². The third-order valence-electron chi connectivity index (χ3n) is 0.796. The molecule has 0 radical (unpaired) electrons. The third-order valence-corrected chi connectivity index (χ3v) is 1.09. The lowest BCUT2D eigenvalue weighted by Gasteiger charge is -1.89. The van der Waals surface area contributed by atoms with Crippen LogP contribution in [0.2, 0.25) is 0 Å². The highest BCUT2D eigenvalue weighted by atomic mass is 35.5. The molecule has 0 bridgehead atoms. The fourth-order valence-electron chi connectivity index (χ4n) is 0.267. The monoisotopic (exact) mass is 158 g/mol. The van der Waals surface area contributed by atoms with Crippen LogP contribution in [0.15, 0.2) is 35.9 Å². The number of hydrogen-bond acceptors (Lipinski definition) is 0. The Morgan fingerprint density at radius 1 is 1.40 bits per heavy atom. The van der Waals surface area contributed by atoms with Crippen LogP contribution in [0.5, 0.6) is 0 Å². The molecule has 0 aromatic rings. The zero-order chi connectivity index (χ0) is 8.57. The van der Waals surface area contributed by atoms with Crippen LogP contribution >= 0.6 is 11.6 Å². The predicted octanol–water partition coefficient (Wildman–Crippen LogP) is 3.90. The van der Waals surface area contributed by atoms with Gasteiger partial charge in [-0.1, -0.05) is 50.8 Å². The van der Waals surface area contributed by atoms with E-state index < -0.39 is 0 Å². The smallest absolute Gasteiger partial charge is 0.0363 e. The van der Waals surface area contributed by atoms with Crippen molar-refractivity contribution in [3.8, 4) is 0 Å². The van der Waals surface area contributed by atoms with E-state index in [1.165, 1.54) is 0 Å². The predicted molar refractivity (Wildman–Crippen MR) is 50.3 cm³/mol. The highest BCUT2D eigenvalue weighted by Gasteiger charge is 1.85. The van der Waals surface area contributed by atoms with Gasteiger partial charge in [0, 0.05) is 5.03 Å². The van der Waals surface area contributed by atoms with E-state index in [4.69, 9.17) is 11.6 Å². The molecule has 0 rings (SSSR count). The van der Waals surface area contributed by atoms with Gasteiger partial charge in [-0.05, 0) is 12.5 Å². The molecule has 0 aromatic heterocycles. The van der Waals surface area contributed by atoms with Gasteiger partial charge in [0.15, 0.2) is 0 Å². The van der Waals surface area contributed by atoms with E-state index in [-0.39, 0.29) is 0 Å². The van der Waals surface area contributed by atoms with Crippen molar-refractivity contribution in [2.75, 3.05) is 0 Å². The van der Waals surface area contributed by atoms with Crippen LogP contribution in [-0.2, 0) is 0 Å². The lowest BCUT2D eigenvalue weighted by Crippen LogP contribution is -1.68. The molecule has 0 fully saturated rings. The van der Waals surface area contributed by atoms with Crippen molar-refractivity contribution < 1.29 is 0 Å². The van der Waals surface area contributed by atoms with Crippen LogP contribution in [0.4, 0.5) is 0 Å². The van der Waals surface area contributed by atoms with Crippen LogP contribution < -0.4 is 0 Å². The number of halogens is 1. The van der Waals surface area contributed by atoms with Gasteiger partial charge in [-0.25, -0.2) is 0 Å². The van der Waals surface area contributed by atoms with Gasteiger partial charge in [-0.15, -0.1) is 0 Å². The molecule has 0 aliphatic heterocycles. The Morgan fingerprint density at radius 2 is 1.80 bits per heavy atom. The van der Waals surface area contributed by atoms with Crippen molar-refractivity contribution in [3.63, 3.8) is 0 Å². The fourth-order valence-corrected chi connectivity index (χ4v) is 0.330. The maximum Gasteiger partial charge on any atom is 0.0363 e. The topological polar surface area (TPSA) is 0 Å². The first kappa shape index (κ1) is 12.2. The minimum Gasteiger partial charge on any atom is -0.0991 e. The zero-order valence-corrected chi connectivity index (χ0v) is 7.70. The van der Waals surface area contributed by atoms with Crippen molar-refractivity contribution in [3.05, 3.63) is 35.9 Å². The van der Waals surface area contributed by atoms with E-state index in [1.54, 1.807) is 6.08 Å². The van der Waals surface area contributed by atoms with Gasteiger partial charge in [0.1, 0.15) is 0 Å². The first-order valence-electron chi connectivity index (χ1n) is 3.32. The van der Waals surface area contributed by atoms with Gasteiger partial charge in [0.2, 0.25) is 0 Å². The second kappa shape index (κ2) is 8.51. The molecular formula is C9H15Cl. The standard InChI is InChI=1S/C7H9Cl.C2H6/c1-4-5-6(2)7(3)8;1-2/h4-5H,1,3H2,2H3;1-2H3/b6-5-;. The molecule has 10 heavy (non-hydrogen) atoms. The van der Waals surface area contributed by atoms with Gasteiger partial charge in [0.25, 0.3) is 0 Å². The molecule has 0 heterocycles. The Labute approximate surface area is 68.9 Å². The van der Waals surface area contributed by atoms with Crippen molar-refractivity contribution >= 4 is 11.6 Å². The van der Waals surface area contributed by atoms with Gasteiger partial charge >= 0.3 is 0 Å². The Bertz CT molecular complexity index is 132. The van der Waals surface area contributed by atoms with E-state index in [1.807, 2.05) is 26.8 Å². The summed E-state index contributed by atoms with van der Waals surface area (Å²) in [6.45, 7) is 12.9. The summed E-state index contributed by atoms with van der Waals surface area (Å²) in [4.78, 5) is 0. The number of allylic oxidation sites excluding steroid dienone is 4. The molecule has 0 N–H and O–H groups in total. The third kappa shape index (κ3) is 7.51. The molecule has 0 unspecified atom stereocenters. The van der Waals surface area contributed by atoms with Gasteiger partial charge in [-0.2, -0.15) is 0 Å². The summed E-state index contributed by atoms with van der Waals surface area (Å²) in [7, 11) is 0. The summed E-state index contributed by atoms with van der Waals surface area (Å²) in [5.74, 6) is 0. The molecule has 0 saturated heterocycles. The summed E-state index contributed by atoms with van der Waals surface area (Å²) in [6, 6.07) is 0. The Kier molecular flexibility index (Phi) is 10.4. The molecule has 0 aromatic carbocycles. The van der Waals surface area contributed by atoms with Crippen molar-refractivity contribution in [2.45, 2.75) is 20.8 Å². The largest absolute Gasteiger partial charge is 0.0991 e. The summed E-state index contributed by atoms with van der Waals surface area (Å²) >= 11 is 5.50. The van der Waals surface area contributed by atoms with Gasteiger partial charge in [0.05, 0.1) is 0 Å². The van der Waals surface area contributed by atoms with Crippen molar-refractivity contribution in [2.24, 2.45) is 0 Å². The number of hydrogen-bond donors (Lipinski definition) is 0. The Balaban J connectivity index is 0. The van der Waals surface area contributed by atoms with Crippen molar-refractivity contribution in [1.82, 2.24) is 0 Å². The summed E-state index contributed by atoms with van der Waals surface area (Å²) < 4.78 is 0. The molecule has 0 saturated carbocycles. The molecule has 0 spiro atoms. The SMILES string of the molecule is C=C/C=C(/C)C(=C)Cl.CC. The van der Waals surface area contributed by atoms with E-state index in [2.05, 4.69) is 13.2 Å². The minimum atomic E-state index is 0.574. The van der Waals surface area contributed by atoms with E-state index in [9.17, 15) is 0 Å². The molecule has 58 valence electrons. The molecule has 0 nitrogen and oxygen atoms in total. The Hall–Kier alpha value is -0.490. The summed E-state index contributed by atoms with van der Waals surface area (Å²) in [6.07, 6.45) is 3.50. The average Bonchev–Trinajstić information content (AvgIpc) is 1.93. The number of rotatable bonds is 2. The van der Waals surface area contributed by atoms with E-state index >= 15 is 0 Å². The molecule has 0 aliphatic carbocycles. The molecular weight excluding hydrogens is 144 g/mol. The highest BCUT2D eigenvalue weighted by Crippen LogP contribution is 2.09. The summed E-state index contributed by atoms with van der Waals surface area (Å²) in [5, 5.41) is 0.574. The van der Waals surface area contributed by atoms with Crippen LogP contribution in [0, 0.1) is 0 Å². The van der Waals surface area contributed by atoms with Crippen LogP contribution in [0.25, 0.3) is 0 Å². The second-order valence-corrected chi connectivity index (χ2v) is 1.95. The van der Waals surface area contributed by atoms with Crippen LogP contribution in [-0.4, -0.2) is 0 Å². The first-order chi connectivity index (χ1) is 4.68. The van der Waals surface area contributed by atoms with Gasteiger partial charge < -0.3 is 0 Å². The highest BCUT2D eigenvalue weighted by molar-refractivity contribution is 6.31. The zero-order valence-electron chi connectivity index (χ0n) is 6.95.